The molecule has 0 bridgehead atoms. The Bertz CT molecular complexity index is 38.3. The van der Waals surface area contributed by atoms with E-state index in [0.717, 1.165) is 0 Å². The molecular weight excluding hydrogens is 215 g/mol. The molecule has 0 unspecified atom stereocenters. The summed E-state index contributed by atoms with van der Waals surface area (Å²) in [5.41, 5.74) is 0. The number of hydrogen-bond acceptors (Lipinski definition) is 3. The van der Waals surface area contributed by atoms with Crippen LogP contribution in [0.1, 0.15) is 0 Å². The zero-order valence-corrected chi connectivity index (χ0v) is 5.70. The first kappa shape index (κ1) is 41.2. The third-order valence-electron chi connectivity index (χ3n) is 0. The van der Waals surface area contributed by atoms with Gasteiger partial charge in [0.15, 0.2) is 0 Å². The zero-order valence-electron chi connectivity index (χ0n) is 3.82. The van der Waals surface area contributed by atoms with Crippen molar-refractivity contribution in [2.45, 2.75) is 0 Å². The van der Waals surface area contributed by atoms with Crippen LogP contribution >= 0.6 is 0 Å². The van der Waals surface area contributed by atoms with Crippen LogP contribution in [-0.2, 0) is 34.1 Å². The fourth-order valence-corrected chi connectivity index (χ4v) is 0. The van der Waals surface area contributed by atoms with Crippen molar-refractivity contribution in [2.24, 2.45) is 0 Å². The van der Waals surface area contributed by atoms with E-state index in [4.69, 9.17) is 15.0 Å². The molecule has 8 N–H and O–H groups in total. The average Bonchev–Trinajstić information content (AvgIpc) is 0.811. The Morgan fingerprint density at radius 3 is 1.00 bits per heavy atom. The summed E-state index contributed by atoms with van der Waals surface area (Å²) in [6.45, 7) is 0. The molecule has 0 aromatic carbocycles. The van der Waals surface area contributed by atoms with E-state index in [0.29, 0.717) is 0 Å². The minimum absolute atomic E-state index is 0. The van der Waals surface area contributed by atoms with Crippen LogP contribution in [0.15, 0.2) is 0 Å². The molecule has 0 aliphatic heterocycles. The molecule has 0 atom stereocenters. The summed E-state index contributed by atoms with van der Waals surface area (Å²) >= 11 is 0. The van der Waals surface area contributed by atoms with Crippen molar-refractivity contribution >= 4 is 6.16 Å². The molecule has 0 heterocycles. The SMILES string of the molecule is N.N.O=C(O)O.[Cu].[Cu]. The smallest absolute Gasteiger partial charge is 0.450 e. The Labute approximate surface area is 68.0 Å². The van der Waals surface area contributed by atoms with E-state index < -0.39 is 6.16 Å². The van der Waals surface area contributed by atoms with Crippen molar-refractivity contribution in [1.82, 2.24) is 12.3 Å². The van der Waals surface area contributed by atoms with E-state index in [9.17, 15) is 0 Å². The van der Waals surface area contributed by atoms with Crippen LogP contribution in [0.4, 0.5) is 4.79 Å². The molecule has 0 fully saturated rings. The van der Waals surface area contributed by atoms with Crippen LogP contribution in [-0.4, -0.2) is 16.4 Å². The summed E-state index contributed by atoms with van der Waals surface area (Å²) in [5.74, 6) is 0. The molecule has 62 valence electrons. The number of rotatable bonds is 0. The van der Waals surface area contributed by atoms with E-state index in [1.165, 1.54) is 0 Å². The van der Waals surface area contributed by atoms with Crippen LogP contribution < -0.4 is 12.3 Å². The Hall–Kier alpha value is 0.229. The van der Waals surface area contributed by atoms with Gasteiger partial charge in [-0.2, -0.15) is 0 Å². The molecule has 0 aliphatic carbocycles. The Morgan fingerprint density at radius 2 is 1.00 bits per heavy atom. The topological polar surface area (TPSA) is 128 Å². The summed E-state index contributed by atoms with van der Waals surface area (Å²) in [7, 11) is 0. The van der Waals surface area contributed by atoms with Gasteiger partial charge in [0.2, 0.25) is 0 Å². The van der Waals surface area contributed by atoms with Gasteiger partial charge in [-0.25, -0.2) is 4.79 Å². The van der Waals surface area contributed by atoms with Gasteiger partial charge in [0, 0.05) is 34.1 Å². The maximum absolute atomic E-state index is 8.56. The first-order valence-electron chi connectivity index (χ1n) is 0.651. The number of hydrogen-bond donors (Lipinski definition) is 4. The van der Waals surface area contributed by atoms with Gasteiger partial charge >= 0.3 is 6.16 Å². The molecule has 2 radical (unpaired) electrons. The molecule has 0 spiro atoms. The van der Waals surface area contributed by atoms with Gasteiger partial charge in [-0.3, -0.25) is 0 Å². The van der Waals surface area contributed by atoms with Gasteiger partial charge in [-0.05, 0) is 0 Å². The average molecular weight is 223 g/mol. The van der Waals surface area contributed by atoms with Crippen molar-refractivity contribution in [1.29, 1.82) is 0 Å². The molecule has 0 rings (SSSR count). The molecule has 0 saturated carbocycles. The molecule has 0 saturated heterocycles. The van der Waals surface area contributed by atoms with Crippen LogP contribution in [0.25, 0.3) is 0 Å². The van der Waals surface area contributed by atoms with E-state index in [2.05, 4.69) is 0 Å². The number of carboxylic acid groups (broad SMARTS) is 2. The molecule has 0 aromatic heterocycles. The molecular formula is CH8Cu2N2O3. The van der Waals surface area contributed by atoms with Crippen molar-refractivity contribution < 1.29 is 49.1 Å². The van der Waals surface area contributed by atoms with Crippen LogP contribution in [0.3, 0.4) is 0 Å². The third-order valence-corrected chi connectivity index (χ3v) is 0. The fraction of sp³-hybridized carbons (Fsp3) is 0. The zero-order chi connectivity index (χ0) is 3.58. The summed E-state index contributed by atoms with van der Waals surface area (Å²) in [6.07, 6.45) is -1.83. The summed E-state index contributed by atoms with van der Waals surface area (Å²) in [6, 6.07) is 0. The van der Waals surface area contributed by atoms with E-state index in [1.807, 2.05) is 0 Å². The normalized spacial score (nSPS) is 3.00. The molecule has 0 aliphatic rings. The number of carbonyl (C=O) groups is 1. The van der Waals surface area contributed by atoms with Crippen LogP contribution in [0.2, 0.25) is 0 Å². The van der Waals surface area contributed by atoms with Gasteiger partial charge in [-0.1, -0.05) is 0 Å². The second kappa shape index (κ2) is 26.9. The second-order valence-electron chi connectivity index (χ2n) is 0.283. The molecule has 7 heteroatoms. The molecule has 0 aromatic rings. The predicted octanol–water partition coefficient (Wildman–Crippen LogP) is 0.541. The van der Waals surface area contributed by atoms with Gasteiger partial charge in [0.05, 0.1) is 0 Å². The maximum atomic E-state index is 8.56. The van der Waals surface area contributed by atoms with Crippen molar-refractivity contribution in [3.8, 4) is 0 Å². The van der Waals surface area contributed by atoms with Crippen LogP contribution in [0, 0.1) is 0 Å². The summed E-state index contributed by atoms with van der Waals surface area (Å²) in [5, 5.41) is 13.9. The monoisotopic (exact) mass is 222 g/mol. The van der Waals surface area contributed by atoms with E-state index in [-0.39, 0.29) is 46.4 Å². The van der Waals surface area contributed by atoms with Crippen molar-refractivity contribution in [3.05, 3.63) is 0 Å². The molecule has 0 amide bonds. The van der Waals surface area contributed by atoms with Gasteiger partial charge in [-0.15, -0.1) is 0 Å². The largest absolute Gasteiger partial charge is 0.503 e. The fourth-order valence-electron chi connectivity index (χ4n) is 0. The standard InChI is InChI=1S/CH2O3.2Cu.2H3N/c2-1(3)4;;;;/h(H2,2,3,4);;;2*1H3. The Balaban J connectivity index is -0.00000000750. The Morgan fingerprint density at radius 1 is 1.00 bits per heavy atom. The maximum Gasteiger partial charge on any atom is 0.503 e. The van der Waals surface area contributed by atoms with Crippen molar-refractivity contribution in [3.63, 3.8) is 0 Å². The quantitative estimate of drug-likeness (QED) is 0.445. The predicted molar refractivity (Wildman–Crippen MR) is 20.7 cm³/mol. The third kappa shape index (κ3) is 3250. The molecule has 8 heavy (non-hydrogen) atoms. The summed E-state index contributed by atoms with van der Waals surface area (Å²) in [4.78, 5) is 8.56. The Kier molecular flexibility index (Phi) is 139. The summed E-state index contributed by atoms with van der Waals surface area (Å²) < 4.78 is 0. The second-order valence-corrected chi connectivity index (χ2v) is 0.283. The first-order valence-corrected chi connectivity index (χ1v) is 0.651. The van der Waals surface area contributed by atoms with Gasteiger partial charge in [0.1, 0.15) is 0 Å². The van der Waals surface area contributed by atoms with Gasteiger partial charge in [0.25, 0.3) is 0 Å². The minimum atomic E-state index is -1.83. The van der Waals surface area contributed by atoms with E-state index >= 15 is 0 Å². The first-order chi connectivity index (χ1) is 1.73. The van der Waals surface area contributed by atoms with Crippen molar-refractivity contribution in [2.75, 3.05) is 0 Å². The van der Waals surface area contributed by atoms with E-state index in [1.54, 1.807) is 0 Å². The van der Waals surface area contributed by atoms with Crippen LogP contribution in [0.5, 0.6) is 0 Å². The minimum Gasteiger partial charge on any atom is -0.450 e. The van der Waals surface area contributed by atoms with Gasteiger partial charge < -0.3 is 22.5 Å². The molecule has 5 nitrogen and oxygen atoms in total.